The molecule has 5 nitrogen and oxygen atoms in total. The van der Waals surface area contributed by atoms with E-state index in [9.17, 15) is 17.2 Å². The van der Waals surface area contributed by atoms with Gasteiger partial charge in [0.1, 0.15) is 0 Å². The van der Waals surface area contributed by atoms with E-state index in [4.69, 9.17) is 4.74 Å². The number of pyridine rings is 1. The molecule has 0 saturated heterocycles. The average molecular weight is 346 g/mol. The number of hydrogen-bond donors (Lipinski definition) is 1. The highest BCUT2D eigenvalue weighted by Crippen LogP contribution is 2.44. The van der Waals surface area contributed by atoms with Crippen LogP contribution in [0.2, 0.25) is 0 Å². The summed E-state index contributed by atoms with van der Waals surface area (Å²) in [6.45, 7) is 0.949. The van der Waals surface area contributed by atoms with Gasteiger partial charge in [0.25, 0.3) is 0 Å². The maximum atomic E-state index is 13.1. The number of nitrogens with one attached hydrogen (secondary N) is 1. The van der Waals surface area contributed by atoms with Crippen LogP contribution >= 0.6 is 0 Å². The van der Waals surface area contributed by atoms with E-state index >= 15 is 0 Å². The summed E-state index contributed by atoms with van der Waals surface area (Å²) in [7, 11) is -1.94. The minimum absolute atomic E-state index is 0.0852. The average Bonchev–Trinajstić information content (AvgIpc) is 2.33. The van der Waals surface area contributed by atoms with Crippen molar-refractivity contribution in [2.24, 2.45) is 11.8 Å². The lowest BCUT2D eigenvalue weighted by Gasteiger charge is -2.37. The van der Waals surface area contributed by atoms with Crippen LogP contribution in [0.25, 0.3) is 6.08 Å². The first-order valence-corrected chi connectivity index (χ1v) is 9.05. The first kappa shape index (κ1) is 17.7. The van der Waals surface area contributed by atoms with E-state index in [2.05, 4.69) is 9.71 Å². The summed E-state index contributed by atoms with van der Waals surface area (Å²) < 4.78 is 56.2. The molecule has 128 valence electrons. The minimum atomic E-state index is -3.40. The second-order valence-electron chi connectivity index (χ2n) is 5.94. The van der Waals surface area contributed by atoms with Crippen molar-refractivity contribution < 1.29 is 21.9 Å². The van der Waals surface area contributed by atoms with Crippen LogP contribution in [-0.2, 0) is 10.0 Å². The predicted octanol–water partition coefficient (Wildman–Crippen LogP) is 3.16. The highest BCUT2D eigenvalue weighted by molar-refractivity contribution is 7.92. The lowest BCUT2D eigenvalue weighted by Crippen LogP contribution is -2.35. The molecular weight excluding hydrogens is 326 g/mol. The molecule has 1 N–H and O–H groups in total. The number of nitrogens with zero attached hydrogens (tertiary/aromatic N) is 1. The number of methoxy groups -OCH3 is 1. The molecule has 0 atom stereocenters. The van der Waals surface area contributed by atoms with Gasteiger partial charge in [0.05, 0.1) is 25.2 Å². The Morgan fingerprint density at radius 1 is 1.43 bits per heavy atom. The van der Waals surface area contributed by atoms with E-state index in [0.29, 0.717) is 30.0 Å². The lowest BCUT2D eigenvalue weighted by atomic mass is 9.72. The molecule has 1 aromatic heterocycles. The van der Waals surface area contributed by atoms with Gasteiger partial charge in [0.15, 0.2) is 0 Å². The van der Waals surface area contributed by atoms with E-state index in [1.54, 1.807) is 12.1 Å². The SMILES string of the molecule is COc1ncc(NS(C)(=O)=O)cc1/C=C/C1CC(C(C)(F)F)C1. The molecule has 0 aromatic carbocycles. The monoisotopic (exact) mass is 346 g/mol. The summed E-state index contributed by atoms with van der Waals surface area (Å²) in [6, 6.07) is 1.59. The first-order valence-electron chi connectivity index (χ1n) is 7.16. The molecular formula is C15H20F2N2O3S. The van der Waals surface area contributed by atoms with Gasteiger partial charge >= 0.3 is 0 Å². The Morgan fingerprint density at radius 2 is 2.09 bits per heavy atom. The van der Waals surface area contributed by atoms with Crippen molar-refractivity contribution in [1.82, 2.24) is 4.98 Å². The Hall–Kier alpha value is -1.70. The second-order valence-corrected chi connectivity index (χ2v) is 7.69. The predicted molar refractivity (Wildman–Crippen MR) is 85.1 cm³/mol. The van der Waals surface area contributed by atoms with Gasteiger partial charge in [0, 0.05) is 11.5 Å². The zero-order valence-electron chi connectivity index (χ0n) is 13.2. The third-order valence-electron chi connectivity index (χ3n) is 3.81. The standard InChI is InChI=1S/C15H20F2N2O3S/c1-15(16,17)12-6-10(7-12)4-5-11-8-13(19-23(3,20)21)9-18-14(11)22-2/h4-5,8-10,12,19H,6-7H2,1-3H3/b5-4+. The van der Waals surface area contributed by atoms with Crippen LogP contribution in [0.15, 0.2) is 18.3 Å². The second kappa shape index (κ2) is 6.43. The molecule has 0 radical (unpaired) electrons. The number of rotatable bonds is 6. The van der Waals surface area contributed by atoms with Gasteiger partial charge in [-0.25, -0.2) is 22.2 Å². The van der Waals surface area contributed by atoms with Crippen LogP contribution in [0, 0.1) is 11.8 Å². The topological polar surface area (TPSA) is 68.3 Å². The Kier molecular flexibility index (Phi) is 4.93. The number of alkyl halides is 2. The van der Waals surface area contributed by atoms with E-state index in [0.717, 1.165) is 13.2 Å². The quantitative estimate of drug-likeness (QED) is 0.859. The minimum Gasteiger partial charge on any atom is -0.481 e. The Morgan fingerprint density at radius 3 is 2.61 bits per heavy atom. The molecule has 0 spiro atoms. The van der Waals surface area contributed by atoms with Crippen molar-refractivity contribution in [3.8, 4) is 5.88 Å². The molecule has 2 rings (SSSR count). The van der Waals surface area contributed by atoms with E-state index in [1.807, 2.05) is 6.08 Å². The van der Waals surface area contributed by atoms with Gasteiger partial charge < -0.3 is 4.74 Å². The molecule has 1 aliphatic carbocycles. The number of sulfonamides is 1. The van der Waals surface area contributed by atoms with Gasteiger partial charge in [-0.2, -0.15) is 0 Å². The maximum absolute atomic E-state index is 13.1. The van der Waals surface area contributed by atoms with Gasteiger partial charge in [-0.05, 0) is 31.7 Å². The van der Waals surface area contributed by atoms with E-state index in [-0.39, 0.29) is 5.92 Å². The molecule has 1 aliphatic rings. The van der Waals surface area contributed by atoms with Gasteiger partial charge in [-0.3, -0.25) is 4.72 Å². The van der Waals surface area contributed by atoms with Crippen molar-refractivity contribution >= 4 is 21.8 Å². The first-order chi connectivity index (χ1) is 10.6. The zero-order valence-corrected chi connectivity index (χ0v) is 14.0. The third-order valence-corrected chi connectivity index (χ3v) is 4.42. The van der Waals surface area contributed by atoms with E-state index < -0.39 is 21.9 Å². The fourth-order valence-corrected chi connectivity index (χ4v) is 3.04. The van der Waals surface area contributed by atoms with Crippen LogP contribution in [-0.4, -0.2) is 32.7 Å². The van der Waals surface area contributed by atoms with Crippen molar-refractivity contribution in [3.63, 3.8) is 0 Å². The van der Waals surface area contributed by atoms with Crippen LogP contribution in [0.3, 0.4) is 0 Å². The molecule has 1 heterocycles. The van der Waals surface area contributed by atoms with Gasteiger partial charge in [0.2, 0.25) is 21.8 Å². The summed E-state index contributed by atoms with van der Waals surface area (Å²) in [5.41, 5.74) is 0.910. The summed E-state index contributed by atoms with van der Waals surface area (Å²) in [5, 5.41) is 0. The largest absolute Gasteiger partial charge is 0.481 e. The Bertz CT molecular complexity index is 693. The molecule has 1 saturated carbocycles. The number of allylic oxidation sites excluding steroid dienone is 1. The highest BCUT2D eigenvalue weighted by atomic mass is 32.2. The van der Waals surface area contributed by atoms with E-state index in [1.165, 1.54) is 13.3 Å². The van der Waals surface area contributed by atoms with Crippen LogP contribution < -0.4 is 9.46 Å². The van der Waals surface area contributed by atoms with Crippen LogP contribution in [0.4, 0.5) is 14.5 Å². The number of hydrogen-bond acceptors (Lipinski definition) is 4. The number of aromatic nitrogens is 1. The molecule has 1 aromatic rings. The smallest absolute Gasteiger partial charge is 0.248 e. The van der Waals surface area contributed by atoms with Crippen molar-refractivity contribution in [3.05, 3.63) is 23.9 Å². The Labute approximate surface area is 134 Å². The number of ether oxygens (including phenoxy) is 1. The number of halogens is 2. The normalized spacial score (nSPS) is 22.0. The van der Waals surface area contributed by atoms with Gasteiger partial charge in [-0.15, -0.1) is 0 Å². The molecule has 0 bridgehead atoms. The van der Waals surface area contributed by atoms with Crippen molar-refractivity contribution in [2.45, 2.75) is 25.7 Å². The molecule has 1 fully saturated rings. The highest BCUT2D eigenvalue weighted by Gasteiger charge is 2.42. The maximum Gasteiger partial charge on any atom is 0.248 e. The summed E-state index contributed by atoms with van der Waals surface area (Å²) in [4.78, 5) is 4.04. The summed E-state index contributed by atoms with van der Waals surface area (Å²) in [5.74, 6) is -2.78. The van der Waals surface area contributed by atoms with Crippen molar-refractivity contribution in [2.75, 3.05) is 18.1 Å². The Balaban J connectivity index is 2.09. The van der Waals surface area contributed by atoms with Gasteiger partial charge in [-0.1, -0.05) is 12.2 Å². The van der Waals surface area contributed by atoms with Crippen LogP contribution in [0.1, 0.15) is 25.3 Å². The lowest BCUT2D eigenvalue weighted by molar-refractivity contribution is -0.0823. The molecule has 23 heavy (non-hydrogen) atoms. The molecule has 0 unspecified atom stereocenters. The summed E-state index contributed by atoms with van der Waals surface area (Å²) in [6.07, 6.45) is 6.86. The van der Waals surface area contributed by atoms with Crippen molar-refractivity contribution in [1.29, 1.82) is 0 Å². The number of anilines is 1. The zero-order chi connectivity index (χ0) is 17.3. The third kappa shape index (κ3) is 4.89. The fourth-order valence-electron chi connectivity index (χ4n) is 2.50. The molecule has 8 heteroatoms. The van der Waals surface area contributed by atoms with Crippen LogP contribution in [0.5, 0.6) is 5.88 Å². The fraction of sp³-hybridized carbons (Fsp3) is 0.533. The molecule has 0 amide bonds. The summed E-state index contributed by atoms with van der Waals surface area (Å²) >= 11 is 0. The molecule has 0 aliphatic heterocycles.